The molecule has 1 aromatic heterocycles. The van der Waals surface area contributed by atoms with Gasteiger partial charge in [0.05, 0.1) is 23.4 Å². The van der Waals surface area contributed by atoms with Crippen LogP contribution in [-0.4, -0.2) is 42.9 Å². The number of nitrogens with zero attached hydrogens (tertiary/aromatic N) is 6. The van der Waals surface area contributed by atoms with Gasteiger partial charge in [0.15, 0.2) is 5.82 Å². The molecular formula is C14H14N6O2. The molecule has 0 saturated carbocycles. The molecule has 0 spiro atoms. The number of carboxylic acid groups (broad SMARTS) is 1. The van der Waals surface area contributed by atoms with Crippen LogP contribution in [0.25, 0.3) is 5.69 Å². The quantitative estimate of drug-likeness (QED) is 0.904. The van der Waals surface area contributed by atoms with Gasteiger partial charge in [-0.25, -0.2) is 4.79 Å². The summed E-state index contributed by atoms with van der Waals surface area (Å²) in [6.45, 7) is 0.485. The molecule has 112 valence electrons. The molecule has 1 saturated heterocycles. The Balaban J connectivity index is 1.89. The lowest BCUT2D eigenvalue weighted by molar-refractivity contribution is 0.103. The van der Waals surface area contributed by atoms with Crippen LogP contribution in [0.4, 0.5) is 4.79 Å². The van der Waals surface area contributed by atoms with Crippen LogP contribution in [0.15, 0.2) is 24.3 Å². The maximum Gasteiger partial charge on any atom is 0.407 e. The molecule has 8 nitrogen and oxygen atoms in total. The molecule has 1 N–H and O–H groups in total. The van der Waals surface area contributed by atoms with E-state index in [0.717, 1.165) is 12.8 Å². The van der Waals surface area contributed by atoms with E-state index in [-0.39, 0.29) is 6.04 Å². The number of rotatable bonds is 2. The summed E-state index contributed by atoms with van der Waals surface area (Å²) < 4.78 is 0. The van der Waals surface area contributed by atoms with Crippen molar-refractivity contribution >= 4 is 6.09 Å². The number of hydrogen-bond donors (Lipinski definition) is 1. The van der Waals surface area contributed by atoms with Crippen molar-refractivity contribution in [1.82, 2.24) is 25.1 Å². The summed E-state index contributed by atoms with van der Waals surface area (Å²) in [4.78, 5) is 14.0. The Kier molecular flexibility index (Phi) is 3.70. The lowest BCUT2D eigenvalue weighted by atomic mass is 10.0. The second-order valence-corrected chi connectivity index (χ2v) is 5.09. The van der Waals surface area contributed by atoms with Gasteiger partial charge in [-0.1, -0.05) is 6.07 Å². The summed E-state index contributed by atoms with van der Waals surface area (Å²) in [5, 5.41) is 30.5. The summed E-state index contributed by atoms with van der Waals surface area (Å²) >= 11 is 0. The normalized spacial score (nSPS) is 18.0. The van der Waals surface area contributed by atoms with Gasteiger partial charge in [0.2, 0.25) is 0 Å². The Morgan fingerprint density at radius 1 is 1.41 bits per heavy atom. The molecule has 0 bridgehead atoms. The monoisotopic (exact) mass is 298 g/mol. The minimum absolute atomic E-state index is 0.362. The Morgan fingerprint density at radius 2 is 2.27 bits per heavy atom. The first-order valence-corrected chi connectivity index (χ1v) is 6.99. The van der Waals surface area contributed by atoms with E-state index in [4.69, 9.17) is 5.26 Å². The number of carbonyl (C=O) groups is 1. The smallest absolute Gasteiger partial charge is 0.407 e. The Bertz CT molecular complexity index is 735. The molecule has 2 heterocycles. The molecule has 1 aliphatic heterocycles. The van der Waals surface area contributed by atoms with Crippen LogP contribution < -0.4 is 0 Å². The van der Waals surface area contributed by atoms with Crippen LogP contribution in [0.5, 0.6) is 0 Å². The van der Waals surface area contributed by atoms with E-state index in [2.05, 4.69) is 21.5 Å². The summed E-state index contributed by atoms with van der Waals surface area (Å²) in [7, 11) is 0. The fourth-order valence-electron chi connectivity index (χ4n) is 2.60. The van der Waals surface area contributed by atoms with Gasteiger partial charge >= 0.3 is 6.09 Å². The van der Waals surface area contributed by atoms with E-state index < -0.39 is 6.09 Å². The largest absolute Gasteiger partial charge is 0.465 e. The first kappa shape index (κ1) is 14.0. The number of piperidine rings is 1. The lowest BCUT2D eigenvalue weighted by Crippen LogP contribution is -2.38. The van der Waals surface area contributed by atoms with E-state index in [1.54, 1.807) is 24.3 Å². The highest BCUT2D eigenvalue weighted by Crippen LogP contribution is 2.28. The van der Waals surface area contributed by atoms with Gasteiger partial charge in [-0.15, -0.1) is 15.0 Å². The van der Waals surface area contributed by atoms with Gasteiger partial charge in [0, 0.05) is 6.54 Å². The number of tetrazole rings is 1. The number of aromatic nitrogens is 4. The molecule has 8 heteroatoms. The van der Waals surface area contributed by atoms with Gasteiger partial charge in [0.1, 0.15) is 0 Å². The van der Waals surface area contributed by atoms with Crippen molar-refractivity contribution in [2.75, 3.05) is 6.54 Å². The third-order valence-electron chi connectivity index (χ3n) is 3.68. The Labute approximate surface area is 126 Å². The number of amides is 1. The average Bonchev–Trinajstić information content (AvgIpc) is 3.05. The average molecular weight is 298 g/mol. The fraction of sp³-hybridized carbons (Fsp3) is 0.357. The highest BCUT2D eigenvalue weighted by molar-refractivity contribution is 5.65. The van der Waals surface area contributed by atoms with Gasteiger partial charge < -0.3 is 5.11 Å². The van der Waals surface area contributed by atoms with Crippen molar-refractivity contribution < 1.29 is 9.90 Å². The van der Waals surface area contributed by atoms with Gasteiger partial charge in [0.25, 0.3) is 0 Å². The Hall–Kier alpha value is -2.95. The zero-order chi connectivity index (χ0) is 15.5. The zero-order valence-electron chi connectivity index (χ0n) is 11.8. The zero-order valence-corrected chi connectivity index (χ0v) is 11.8. The first-order valence-electron chi connectivity index (χ1n) is 6.99. The van der Waals surface area contributed by atoms with Crippen molar-refractivity contribution in [1.29, 1.82) is 5.26 Å². The SMILES string of the molecule is N#Cc1cccc(-n2nnc([C@H]3CCCCN3C(=O)O)n2)c1. The summed E-state index contributed by atoms with van der Waals surface area (Å²) in [5.41, 5.74) is 1.12. The maximum absolute atomic E-state index is 11.3. The number of hydrogen-bond acceptors (Lipinski definition) is 5. The second kappa shape index (κ2) is 5.81. The predicted octanol–water partition coefficient (Wildman–Crippen LogP) is 1.74. The number of nitriles is 1. The van der Waals surface area contributed by atoms with Crippen molar-refractivity contribution in [2.45, 2.75) is 25.3 Å². The molecule has 1 fully saturated rings. The second-order valence-electron chi connectivity index (χ2n) is 5.09. The first-order chi connectivity index (χ1) is 10.7. The number of benzene rings is 1. The van der Waals surface area contributed by atoms with Crippen LogP contribution in [-0.2, 0) is 0 Å². The van der Waals surface area contributed by atoms with Crippen LogP contribution in [0.3, 0.4) is 0 Å². The molecule has 0 aliphatic carbocycles. The molecular weight excluding hydrogens is 284 g/mol. The minimum atomic E-state index is -0.965. The highest BCUT2D eigenvalue weighted by atomic mass is 16.4. The summed E-state index contributed by atoms with van der Waals surface area (Å²) in [5.74, 6) is 0.393. The highest BCUT2D eigenvalue weighted by Gasteiger charge is 2.31. The minimum Gasteiger partial charge on any atom is -0.465 e. The van der Waals surface area contributed by atoms with Gasteiger partial charge in [-0.05, 0) is 42.7 Å². The molecule has 22 heavy (non-hydrogen) atoms. The summed E-state index contributed by atoms with van der Waals surface area (Å²) in [6, 6.07) is 8.54. The maximum atomic E-state index is 11.3. The van der Waals surface area contributed by atoms with Gasteiger partial charge in [-0.3, -0.25) is 4.90 Å². The van der Waals surface area contributed by atoms with Crippen LogP contribution in [0.1, 0.15) is 36.7 Å². The molecule has 1 aromatic carbocycles. The molecule has 1 amide bonds. The topological polar surface area (TPSA) is 108 Å². The van der Waals surface area contributed by atoms with E-state index in [1.165, 1.54) is 9.70 Å². The Morgan fingerprint density at radius 3 is 3.05 bits per heavy atom. The van der Waals surface area contributed by atoms with E-state index in [0.29, 0.717) is 30.0 Å². The molecule has 1 atom stereocenters. The fourth-order valence-corrected chi connectivity index (χ4v) is 2.60. The molecule has 0 unspecified atom stereocenters. The predicted molar refractivity (Wildman–Crippen MR) is 75.2 cm³/mol. The standard InChI is InChI=1S/C14H14N6O2/c15-9-10-4-3-5-11(8-10)20-17-13(16-18-20)12-6-1-2-7-19(12)14(21)22/h3-5,8,12H,1-2,6-7H2,(H,21,22)/t12-/m1/s1. The molecule has 1 aliphatic rings. The van der Waals surface area contributed by atoms with Crippen molar-refractivity contribution in [3.8, 4) is 11.8 Å². The van der Waals surface area contributed by atoms with Crippen LogP contribution in [0, 0.1) is 11.3 Å². The number of likely N-dealkylation sites (tertiary alicyclic amines) is 1. The third-order valence-corrected chi connectivity index (χ3v) is 3.68. The van der Waals surface area contributed by atoms with E-state index in [9.17, 15) is 9.90 Å². The van der Waals surface area contributed by atoms with Crippen LogP contribution >= 0.6 is 0 Å². The molecule has 0 radical (unpaired) electrons. The van der Waals surface area contributed by atoms with Crippen molar-refractivity contribution in [3.63, 3.8) is 0 Å². The summed E-state index contributed by atoms with van der Waals surface area (Å²) in [6.07, 6.45) is 1.51. The van der Waals surface area contributed by atoms with E-state index in [1.807, 2.05) is 0 Å². The third kappa shape index (κ3) is 2.61. The van der Waals surface area contributed by atoms with E-state index >= 15 is 0 Å². The van der Waals surface area contributed by atoms with Gasteiger partial charge in [-0.2, -0.15) is 5.26 Å². The van der Waals surface area contributed by atoms with Crippen molar-refractivity contribution in [2.24, 2.45) is 0 Å². The lowest BCUT2D eigenvalue weighted by Gasteiger charge is -2.31. The molecule has 2 aromatic rings. The van der Waals surface area contributed by atoms with Crippen molar-refractivity contribution in [3.05, 3.63) is 35.7 Å². The van der Waals surface area contributed by atoms with Crippen LogP contribution in [0.2, 0.25) is 0 Å². The molecule has 3 rings (SSSR count).